The third kappa shape index (κ3) is 5.68. The first-order chi connectivity index (χ1) is 14.4. The Morgan fingerprint density at radius 1 is 1.13 bits per heavy atom. The highest BCUT2D eigenvalue weighted by Crippen LogP contribution is 2.18. The fourth-order valence-electron chi connectivity index (χ4n) is 2.86. The predicted molar refractivity (Wildman–Crippen MR) is 106 cm³/mol. The van der Waals surface area contributed by atoms with Crippen LogP contribution in [0, 0.1) is 11.6 Å². The minimum Gasteiger partial charge on any atom is -0.379 e. The van der Waals surface area contributed by atoms with E-state index in [0.717, 1.165) is 23.9 Å². The number of carbonyl (C=O) groups is 1. The van der Waals surface area contributed by atoms with Crippen molar-refractivity contribution in [3.8, 4) is 0 Å². The monoisotopic (exact) mass is 437 g/mol. The number of carbonyl (C=O) groups excluding carboxylic acids is 1. The summed E-state index contributed by atoms with van der Waals surface area (Å²) in [5.41, 5.74) is 3.12. The first-order valence-electron chi connectivity index (χ1n) is 9.30. The maximum atomic E-state index is 13.5. The summed E-state index contributed by atoms with van der Waals surface area (Å²) in [7, 11) is -3.55. The molecule has 2 aromatic rings. The van der Waals surface area contributed by atoms with Gasteiger partial charge in [0.2, 0.25) is 15.9 Å². The van der Waals surface area contributed by atoms with E-state index in [1.165, 1.54) is 22.5 Å². The van der Waals surface area contributed by atoms with Crippen molar-refractivity contribution in [3.63, 3.8) is 0 Å². The molecule has 1 heterocycles. The molecule has 3 rings (SSSR count). The summed E-state index contributed by atoms with van der Waals surface area (Å²) < 4.78 is 58.1. The van der Waals surface area contributed by atoms with Crippen LogP contribution in [-0.2, 0) is 26.0 Å². The number of amides is 1. The van der Waals surface area contributed by atoms with Crippen LogP contribution in [0.3, 0.4) is 0 Å². The first kappa shape index (κ1) is 22.0. The summed E-state index contributed by atoms with van der Waals surface area (Å²) in [6.45, 7) is 1.41. The molecule has 1 aliphatic rings. The Hall–Kier alpha value is -2.69. The van der Waals surface area contributed by atoms with Crippen LogP contribution in [0.1, 0.15) is 17.5 Å². The third-order valence-electron chi connectivity index (χ3n) is 4.53. The van der Waals surface area contributed by atoms with E-state index in [-0.39, 0.29) is 16.9 Å². The van der Waals surface area contributed by atoms with Gasteiger partial charge in [0.05, 0.1) is 24.3 Å². The molecule has 0 radical (unpaired) electrons. The number of nitrogens with one attached hydrogen (secondary N) is 1. The summed E-state index contributed by atoms with van der Waals surface area (Å²) in [5, 5.41) is 3.66. The molecule has 1 fully saturated rings. The van der Waals surface area contributed by atoms with Crippen LogP contribution in [-0.4, -0.2) is 51.1 Å². The number of hydrazone groups is 1. The van der Waals surface area contributed by atoms with Crippen LogP contribution in [0.25, 0.3) is 0 Å². The Bertz CT molecular complexity index is 1020. The summed E-state index contributed by atoms with van der Waals surface area (Å²) in [6, 6.07) is 9.41. The first-order valence-corrected chi connectivity index (χ1v) is 10.7. The summed E-state index contributed by atoms with van der Waals surface area (Å²) in [4.78, 5) is 12.1. The molecule has 160 valence electrons. The van der Waals surface area contributed by atoms with E-state index in [1.807, 2.05) is 0 Å². The molecule has 0 spiro atoms. The Morgan fingerprint density at radius 3 is 2.50 bits per heavy atom. The molecule has 0 aromatic heterocycles. The summed E-state index contributed by atoms with van der Waals surface area (Å²) in [6.07, 6.45) is 1.58. The van der Waals surface area contributed by atoms with Gasteiger partial charge in [0.25, 0.3) is 0 Å². The number of halogens is 2. The molecular formula is C20H21F2N3O4S. The normalized spacial score (nSPS) is 15.4. The minimum atomic E-state index is -3.55. The van der Waals surface area contributed by atoms with Crippen molar-refractivity contribution >= 4 is 22.1 Å². The van der Waals surface area contributed by atoms with Crippen molar-refractivity contribution in [2.75, 3.05) is 26.3 Å². The van der Waals surface area contributed by atoms with Crippen molar-refractivity contribution in [3.05, 3.63) is 65.2 Å². The molecule has 1 amide bonds. The largest absolute Gasteiger partial charge is 0.379 e. The molecule has 0 aliphatic carbocycles. The quantitative estimate of drug-likeness (QED) is 0.531. The average molecular weight is 437 g/mol. The van der Waals surface area contributed by atoms with Gasteiger partial charge in [0.1, 0.15) is 11.6 Å². The van der Waals surface area contributed by atoms with Gasteiger partial charge in [-0.2, -0.15) is 9.41 Å². The summed E-state index contributed by atoms with van der Waals surface area (Å²) in [5.74, 6) is -1.86. The second kappa shape index (κ2) is 9.88. The van der Waals surface area contributed by atoms with E-state index in [9.17, 15) is 22.0 Å². The number of aryl methyl sites for hydroxylation is 1. The number of benzene rings is 2. The zero-order chi connectivity index (χ0) is 21.6. The number of morpholine rings is 1. The third-order valence-corrected chi connectivity index (χ3v) is 6.44. The van der Waals surface area contributed by atoms with Crippen molar-refractivity contribution in [1.82, 2.24) is 9.73 Å². The molecule has 1 saturated heterocycles. The van der Waals surface area contributed by atoms with Gasteiger partial charge in [-0.05, 0) is 36.2 Å². The van der Waals surface area contributed by atoms with E-state index < -0.39 is 27.6 Å². The van der Waals surface area contributed by atoms with Gasteiger partial charge in [0, 0.05) is 31.1 Å². The lowest BCUT2D eigenvalue weighted by molar-refractivity contribution is -0.121. The van der Waals surface area contributed by atoms with Crippen LogP contribution >= 0.6 is 0 Å². The molecule has 30 heavy (non-hydrogen) atoms. The highest BCUT2D eigenvalue weighted by Gasteiger charge is 2.26. The van der Waals surface area contributed by atoms with Gasteiger partial charge < -0.3 is 4.74 Å². The average Bonchev–Trinajstić information content (AvgIpc) is 2.75. The summed E-state index contributed by atoms with van der Waals surface area (Å²) >= 11 is 0. The highest BCUT2D eigenvalue weighted by molar-refractivity contribution is 7.89. The molecule has 1 N–H and O–H groups in total. The second-order valence-electron chi connectivity index (χ2n) is 6.62. The molecule has 0 atom stereocenters. The van der Waals surface area contributed by atoms with Gasteiger partial charge in [0.15, 0.2) is 0 Å². The Balaban J connectivity index is 1.50. The fourth-order valence-corrected chi connectivity index (χ4v) is 4.27. The van der Waals surface area contributed by atoms with Crippen molar-refractivity contribution in [2.45, 2.75) is 17.7 Å². The lowest BCUT2D eigenvalue weighted by Crippen LogP contribution is -2.40. The standard InChI is InChI=1S/C20H21F2N3O4S/c21-17-5-4-16(19(22)13-17)14-23-24-20(26)8-3-15-1-6-18(7-2-15)30(27,28)25-9-11-29-12-10-25/h1-2,4-7,13-14H,3,8-12H2,(H,24,26)/b23-14-. The van der Waals surface area contributed by atoms with Gasteiger partial charge in [-0.1, -0.05) is 12.1 Å². The number of sulfonamides is 1. The smallest absolute Gasteiger partial charge is 0.243 e. The van der Waals surface area contributed by atoms with Crippen LogP contribution in [0.4, 0.5) is 8.78 Å². The van der Waals surface area contributed by atoms with Crippen molar-refractivity contribution < 1.29 is 26.7 Å². The van der Waals surface area contributed by atoms with Crippen LogP contribution in [0.15, 0.2) is 52.5 Å². The van der Waals surface area contributed by atoms with E-state index in [2.05, 4.69) is 10.5 Å². The molecule has 0 unspecified atom stereocenters. The predicted octanol–water partition coefficient (Wildman–Crippen LogP) is 2.07. The molecular weight excluding hydrogens is 416 g/mol. The Labute approximate surface area is 173 Å². The van der Waals surface area contributed by atoms with Crippen molar-refractivity contribution in [2.24, 2.45) is 5.10 Å². The number of nitrogens with zero attached hydrogens (tertiary/aromatic N) is 2. The van der Waals surface area contributed by atoms with E-state index in [4.69, 9.17) is 4.74 Å². The molecule has 0 bridgehead atoms. The van der Waals surface area contributed by atoms with E-state index in [1.54, 1.807) is 12.1 Å². The van der Waals surface area contributed by atoms with Gasteiger partial charge in [-0.15, -0.1) is 0 Å². The topological polar surface area (TPSA) is 88.1 Å². The number of hydrogen-bond acceptors (Lipinski definition) is 5. The highest BCUT2D eigenvalue weighted by atomic mass is 32.2. The number of rotatable bonds is 7. The molecule has 2 aromatic carbocycles. The van der Waals surface area contributed by atoms with E-state index in [0.29, 0.717) is 32.7 Å². The zero-order valence-electron chi connectivity index (χ0n) is 16.1. The maximum absolute atomic E-state index is 13.5. The maximum Gasteiger partial charge on any atom is 0.243 e. The van der Waals surface area contributed by atoms with Gasteiger partial charge in [-0.3, -0.25) is 4.79 Å². The molecule has 7 nitrogen and oxygen atoms in total. The molecule has 0 saturated carbocycles. The van der Waals surface area contributed by atoms with Gasteiger partial charge in [-0.25, -0.2) is 22.6 Å². The minimum absolute atomic E-state index is 0.0498. The molecule has 10 heteroatoms. The van der Waals surface area contributed by atoms with Crippen molar-refractivity contribution in [1.29, 1.82) is 0 Å². The van der Waals surface area contributed by atoms with Gasteiger partial charge >= 0.3 is 0 Å². The number of ether oxygens (including phenoxy) is 1. The second-order valence-corrected chi connectivity index (χ2v) is 8.56. The van der Waals surface area contributed by atoms with E-state index >= 15 is 0 Å². The lowest BCUT2D eigenvalue weighted by atomic mass is 10.1. The Morgan fingerprint density at radius 2 is 1.83 bits per heavy atom. The Kier molecular flexibility index (Phi) is 7.24. The molecule has 1 aliphatic heterocycles. The SMILES string of the molecule is O=C(CCc1ccc(S(=O)(=O)N2CCOCC2)cc1)N/N=C\c1ccc(F)cc1F. The lowest BCUT2D eigenvalue weighted by Gasteiger charge is -2.26. The van der Waals surface area contributed by atoms with Crippen LogP contribution < -0.4 is 5.43 Å². The van der Waals surface area contributed by atoms with Crippen LogP contribution in [0.5, 0.6) is 0 Å². The zero-order valence-corrected chi connectivity index (χ0v) is 16.9. The fraction of sp³-hybridized carbons (Fsp3) is 0.300. The number of hydrogen-bond donors (Lipinski definition) is 1. The van der Waals surface area contributed by atoms with Crippen LogP contribution in [0.2, 0.25) is 0 Å².